The fourth-order valence-corrected chi connectivity index (χ4v) is 2.43. The first-order valence-corrected chi connectivity index (χ1v) is 7.15. The molecule has 1 atom stereocenters. The SMILES string of the molecule is Cc1ccccc1NC(=O)C[C@@H]1Nc2ccccc2NC1=O. The zero-order valence-electron chi connectivity index (χ0n) is 12.2. The van der Waals surface area contributed by atoms with Gasteiger partial charge in [0.1, 0.15) is 6.04 Å². The van der Waals surface area contributed by atoms with Gasteiger partial charge in [-0.3, -0.25) is 9.59 Å². The molecule has 0 unspecified atom stereocenters. The molecule has 0 spiro atoms. The van der Waals surface area contributed by atoms with Gasteiger partial charge in [-0.2, -0.15) is 0 Å². The zero-order valence-corrected chi connectivity index (χ0v) is 12.2. The van der Waals surface area contributed by atoms with Crippen molar-refractivity contribution in [1.29, 1.82) is 0 Å². The minimum atomic E-state index is -0.570. The third-order valence-corrected chi connectivity index (χ3v) is 3.64. The summed E-state index contributed by atoms with van der Waals surface area (Å²) in [6.07, 6.45) is 0.0779. The van der Waals surface area contributed by atoms with E-state index >= 15 is 0 Å². The number of fused-ring (bicyclic) bond motifs is 1. The summed E-state index contributed by atoms with van der Waals surface area (Å²) in [5.74, 6) is -0.389. The van der Waals surface area contributed by atoms with Gasteiger partial charge in [-0.25, -0.2) is 0 Å². The second-order valence-electron chi connectivity index (χ2n) is 5.30. The molecule has 1 heterocycles. The Kier molecular flexibility index (Phi) is 3.78. The van der Waals surface area contributed by atoms with Crippen molar-refractivity contribution in [1.82, 2.24) is 0 Å². The number of carbonyl (C=O) groups is 2. The number of rotatable bonds is 3. The van der Waals surface area contributed by atoms with E-state index in [-0.39, 0.29) is 18.2 Å². The molecule has 5 heteroatoms. The van der Waals surface area contributed by atoms with Crippen LogP contribution in [-0.4, -0.2) is 17.9 Å². The van der Waals surface area contributed by atoms with E-state index in [4.69, 9.17) is 0 Å². The third-order valence-electron chi connectivity index (χ3n) is 3.64. The van der Waals surface area contributed by atoms with Gasteiger partial charge in [0.25, 0.3) is 0 Å². The minimum absolute atomic E-state index is 0.0779. The number of hydrogen-bond donors (Lipinski definition) is 3. The molecule has 0 radical (unpaired) electrons. The molecule has 0 aliphatic carbocycles. The van der Waals surface area contributed by atoms with Crippen LogP contribution in [0.15, 0.2) is 48.5 Å². The standard InChI is InChI=1S/C17H17N3O2/c1-11-6-2-3-7-12(11)19-16(21)10-15-17(22)20-14-9-5-4-8-13(14)18-15/h2-9,15,18H,10H2,1H3,(H,19,21)(H,20,22)/t15-/m0/s1. The van der Waals surface area contributed by atoms with E-state index in [0.717, 1.165) is 22.6 Å². The fourth-order valence-electron chi connectivity index (χ4n) is 2.43. The second-order valence-corrected chi connectivity index (χ2v) is 5.30. The molecule has 0 saturated carbocycles. The maximum atomic E-state index is 12.2. The van der Waals surface area contributed by atoms with Gasteiger partial charge in [0.05, 0.1) is 17.8 Å². The molecule has 2 aromatic rings. The summed E-state index contributed by atoms with van der Waals surface area (Å²) in [5.41, 5.74) is 3.32. The lowest BCUT2D eigenvalue weighted by Crippen LogP contribution is -2.41. The molecule has 3 rings (SSSR count). The summed E-state index contributed by atoms with van der Waals surface area (Å²) in [7, 11) is 0. The van der Waals surface area contributed by atoms with Crippen LogP contribution < -0.4 is 16.0 Å². The molecule has 0 saturated heterocycles. The van der Waals surface area contributed by atoms with E-state index in [1.54, 1.807) is 0 Å². The van der Waals surface area contributed by atoms with Crippen LogP contribution in [0, 0.1) is 6.92 Å². The van der Waals surface area contributed by atoms with Gasteiger partial charge in [-0.1, -0.05) is 30.3 Å². The summed E-state index contributed by atoms with van der Waals surface area (Å²) in [6.45, 7) is 1.93. The van der Waals surface area contributed by atoms with Crippen molar-refractivity contribution in [3.05, 3.63) is 54.1 Å². The highest BCUT2D eigenvalue weighted by Crippen LogP contribution is 2.26. The number of hydrogen-bond acceptors (Lipinski definition) is 3. The van der Waals surface area contributed by atoms with E-state index in [1.165, 1.54) is 0 Å². The Morgan fingerprint density at radius 1 is 1.09 bits per heavy atom. The Labute approximate surface area is 128 Å². The van der Waals surface area contributed by atoms with Crippen LogP contribution in [0.4, 0.5) is 17.1 Å². The minimum Gasteiger partial charge on any atom is -0.372 e. The number of nitrogens with one attached hydrogen (secondary N) is 3. The molecule has 2 aromatic carbocycles. The van der Waals surface area contributed by atoms with Crippen molar-refractivity contribution in [3.8, 4) is 0 Å². The summed E-state index contributed by atoms with van der Waals surface area (Å²) in [5, 5.41) is 8.76. The van der Waals surface area contributed by atoms with Gasteiger partial charge in [-0.15, -0.1) is 0 Å². The van der Waals surface area contributed by atoms with E-state index in [0.29, 0.717) is 0 Å². The Balaban J connectivity index is 1.67. The van der Waals surface area contributed by atoms with E-state index in [9.17, 15) is 9.59 Å². The van der Waals surface area contributed by atoms with Crippen LogP contribution >= 0.6 is 0 Å². The van der Waals surface area contributed by atoms with Crippen LogP contribution in [0.3, 0.4) is 0 Å². The quantitative estimate of drug-likeness (QED) is 0.815. The zero-order chi connectivity index (χ0) is 15.5. The number of para-hydroxylation sites is 3. The third kappa shape index (κ3) is 2.93. The molecule has 1 aliphatic rings. The van der Waals surface area contributed by atoms with Gasteiger partial charge in [0, 0.05) is 5.69 Å². The van der Waals surface area contributed by atoms with E-state index in [2.05, 4.69) is 16.0 Å². The lowest BCUT2D eigenvalue weighted by Gasteiger charge is -2.26. The van der Waals surface area contributed by atoms with Gasteiger partial charge >= 0.3 is 0 Å². The molecule has 0 fully saturated rings. The highest BCUT2D eigenvalue weighted by atomic mass is 16.2. The van der Waals surface area contributed by atoms with Gasteiger partial charge in [0.2, 0.25) is 11.8 Å². The molecular formula is C17H17N3O2. The van der Waals surface area contributed by atoms with E-state index < -0.39 is 6.04 Å². The summed E-state index contributed by atoms with van der Waals surface area (Å²) >= 11 is 0. The highest BCUT2D eigenvalue weighted by molar-refractivity contribution is 6.06. The summed E-state index contributed by atoms with van der Waals surface area (Å²) in [6, 6.07) is 14.4. The molecule has 0 bridgehead atoms. The van der Waals surface area contributed by atoms with Crippen molar-refractivity contribution in [2.24, 2.45) is 0 Å². The molecule has 112 valence electrons. The molecule has 3 N–H and O–H groups in total. The van der Waals surface area contributed by atoms with Gasteiger partial charge in [-0.05, 0) is 30.7 Å². The van der Waals surface area contributed by atoms with E-state index in [1.807, 2.05) is 55.5 Å². The predicted molar refractivity (Wildman–Crippen MR) is 86.9 cm³/mol. The molecule has 22 heavy (non-hydrogen) atoms. The van der Waals surface area contributed by atoms with Crippen LogP contribution in [-0.2, 0) is 9.59 Å². The van der Waals surface area contributed by atoms with Gasteiger partial charge in [0.15, 0.2) is 0 Å². The highest BCUT2D eigenvalue weighted by Gasteiger charge is 2.27. The first-order valence-electron chi connectivity index (χ1n) is 7.15. The van der Waals surface area contributed by atoms with Crippen molar-refractivity contribution in [2.75, 3.05) is 16.0 Å². The van der Waals surface area contributed by atoms with Crippen molar-refractivity contribution in [2.45, 2.75) is 19.4 Å². The summed E-state index contributed by atoms with van der Waals surface area (Å²) < 4.78 is 0. The average molecular weight is 295 g/mol. The Morgan fingerprint density at radius 2 is 1.77 bits per heavy atom. The Morgan fingerprint density at radius 3 is 2.55 bits per heavy atom. The van der Waals surface area contributed by atoms with Crippen LogP contribution in [0.1, 0.15) is 12.0 Å². The van der Waals surface area contributed by atoms with Crippen molar-refractivity contribution in [3.63, 3.8) is 0 Å². The van der Waals surface area contributed by atoms with Crippen LogP contribution in [0.2, 0.25) is 0 Å². The number of carbonyl (C=O) groups excluding carboxylic acids is 2. The van der Waals surface area contributed by atoms with Crippen LogP contribution in [0.5, 0.6) is 0 Å². The van der Waals surface area contributed by atoms with Gasteiger partial charge < -0.3 is 16.0 Å². The normalized spacial score (nSPS) is 16.2. The number of anilines is 3. The first-order chi connectivity index (χ1) is 10.6. The molecule has 5 nitrogen and oxygen atoms in total. The largest absolute Gasteiger partial charge is 0.372 e. The van der Waals surface area contributed by atoms with Crippen molar-refractivity contribution >= 4 is 28.9 Å². The second kappa shape index (κ2) is 5.89. The maximum Gasteiger partial charge on any atom is 0.247 e. The Bertz CT molecular complexity index is 727. The first kappa shape index (κ1) is 14.1. The summed E-state index contributed by atoms with van der Waals surface area (Å²) in [4.78, 5) is 24.2. The average Bonchev–Trinajstić information content (AvgIpc) is 2.50. The predicted octanol–water partition coefficient (Wildman–Crippen LogP) is 2.76. The molecule has 2 amide bonds. The topological polar surface area (TPSA) is 70.2 Å². The number of benzene rings is 2. The van der Waals surface area contributed by atoms with Crippen LogP contribution in [0.25, 0.3) is 0 Å². The lowest BCUT2D eigenvalue weighted by atomic mass is 10.1. The lowest BCUT2D eigenvalue weighted by molar-refractivity contribution is -0.122. The maximum absolute atomic E-state index is 12.2. The fraction of sp³-hybridized carbons (Fsp3) is 0.176. The smallest absolute Gasteiger partial charge is 0.247 e. The molecule has 1 aliphatic heterocycles. The monoisotopic (exact) mass is 295 g/mol. The molecule has 0 aromatic heterocycles. The van der Waals surface area contributed by atoms with Crippen molar-refractivity contribution < 1.29 is 9.59 Å². The Hall–Kier alpha value is -2.82. The number of amides is 2. The number of aryl methyl sites for hydroxylation is 1. The molecular weight excluding hydrogens is 278 g/mol.